The van der Waals surface area contributed by atoms with E-state index in [0.717, 1.165) is 44.0 Å². The third-order valence-electron chi connectivity index (χ3n) is 3.99. The molecule has 0 spiro atoms. The number of benzene rings is 1. The van der Waals surface area contributed by atoms with Crippen LogP contribution < -0.4 is 4.90 Å². The minimum atomic E-state index is 0.931. The zero-order chi connectivity index (χ0) is 15.2. The van der Waals surface area contributed by atoms with Gasteiger partial charge in [-0.1, -0.05) is 37.3 Å². The van der Waals surface area contributed by atoms with Crippen LogP contribution in [-0.4, -0.2) is 42.4 Å². The van der Waals surface area contributed by atoms with Gasteiger partial charge in [-0.3, -0.25) is 5.01 Å². The van der Waals surface area contributed by atoms with Gasteiger partial charge in [-0.15, -0.1) is 0 Å². The average Bonchev–Trinajstić information content (AvgIpc) is 2.61. The quantitative estimate of drug-likeness (QED) is 0.813. The largest absolute Gasteiger partial charge is 0.353 e. The lowest BCUT2D eigenvalue weighted by Crippen LogP contribution is -2.44. The summed E-state index contributed by atoms with van der Waals surface area (Å²) in [6.45, 7) is 5.96. The molecule has 0 aliphatic carbocycles. The Labute approximate surface area is 132 Å². The first kappa shape index (κ1) is 14.6. The molecule has 114 valence electrons. The summed E-state index contributed by atoms with van der Waals surface area (Å²) >= 11 is 0. The molecule has 2 heterocycles. The highest BCUT2D eigenvalue weighted by Crippen LogP contribution is 2.12. The summed E-state index contributed by atoms with van der Waals surface area (Å²) in [5.74, 6) is 1.06. The minimum Gasteiger partial charge on any atom is -0.353 e. The molecular formula is C18H22N4. The standard InChI is InChI=1S/C18H22N4/c1-2-16-6-8-17(9-7-16)15-20-22-13-11-21(12-14-22)18-5-3-4-10-19-18/h3-10,15H,2,11-14H2,1H3/b20-15-. The van der Waals surface area contributed by atoms with Crippen molar-refractivity contribution in [2.24, 2.45) is 5.10 Å². The van der Waals surface area contributed by atoms with Crippen LogP contribution in [0.5, 0.6) is 0 Å². The smallest absolute Gasteiger partial charge is 0.128 e. The van der Waals surface area contributed by atoms with E-state index in [1.807, 2.05) is 24.5 Å². The number of anilines is 1. The molecule has 1 aliphatic rings. The molecule has 3 rings (SSSR count). The van der Waals surface area contributed by atoms with Crippen LogP contribution in [0.15, 0.2) is 53.8 Å². The van der Waals surface area contributed by atoms with Gasteiger partial charge in [-0.2, -0.15) is 5.10 Å². The molecule has 0 saturated carbocycles. The Hall–Kier alpha value is -2.36. The van der Waals surface area contributed by atoms with Crippen LogP contribution in [0.1, 0.15) is 18.1 Å². The van der Waals surface area contributed by atoms with Gasteiger partial charge < -0.3 is 4.90 Å². The number of piperazine rings is 1. The average molecular weight is 294 g/mol. The maximum atomic E-state index is 4.60. The van der Waals surface area contributed by atoms with Crippen LogP contribution in [0.2, 0.25) is 0 Å². The predicted molar refractivity (Wildman–Crippen MR) is 91.4 cm³/mol. The van der Waals surface area contributed by atoms with Crippen LogP contribution >= 0.6 is 0 Å². The maximum Gasteiger partial charge on any atom is 0.128 e. The number of pyridine rings is 1. The molecule has 0 N–H and O–H groups in total. The van der Waals surface area contributed by atoms with E-state index >= 15 is 0 Å². The number of hydrazone groups is 1. The first-order valence-corrected chi connectivity index (χ1v) is 7.89. The molecule has 1 saturated heterocycles. The van der Waals surface area contributed by atoms with Crippen LogP contribution in [0, 0.1) is 0 Å². The molecule has 4 heteroatoms. The number of hydrogen-bond donors (Lipinski definition) is 0. The molecule has 1 aliphatic heterocycles. The molecular weight excluding hydrogens is 272 g/mol. The first-order chi connectivity index (χ1) is 10.8. The van der Waals surface area contributed by atoms with Crippen molar-refractivity contribution in [1.29, 1.82) is 0 Å². The van der Waals surface area contributed by atoms with Crippen molar-refractivity contribution in [3.8, 4) is 0 Å². The summed E-state index contributed by atoms with van der Waals surface area (Å²) in [4.78, 5) is 6.71. The van der Waals surface area contributed by atoms with Gasteiger partial charge in [-0.05, 0) is 29.7 Å². The summed E-state index contributed by atoms with van der Waals surface area (Å²) < 4.78 is 0. The highest BCUT2D eigenvalue weighted by molar-refractivity contribution is 5.79. The van der Waals surface area contributed by atoms with Crippen LogP contribution in [0.4, 0.5) is 5.82 Å². The fourth-order valence-corrected chi connectivity index (χ4v) is 2.57. The zero-order valence-electron chi connectivity index (χ0n) is 13.0. The monoisotopic (exact) mass is 294 g/mol. The fourth-order valence-electron chi connectivity index (χ4n) is 2.57. The van der Waals surface area contributed by atoms with Crippen molar-refractivity contribution >= 4 is 12.0 Å². The van der Waals surface area contributed by atoms with Gasteiger partial charge in [-0.25, -0.2) is 4.98 Å². The van der Waals surface area contributed by atoms with Crippen molar-refractivity contribution in [3.63, 3.8) is 0 Å². The normalized spacial score (nSPS) is 15.5. The highest BCUT2D eigenvalue weighted by atomic mass is 15.5. The Kier molecular flexibility index (Phi) is 4.68. The van der Waals surface area contributed by atoms with Gasteiger partial charge in [0.25, 0.3) is 0 Å². The Balaban J connectivity index is 1.54. The topological polar surface area (TPSA) is 31.7 Å². The van der Waals surface area contributed by atoms with Gasteiger partial charge in [0.15, 0.2) is 0 Å². The lowest BCUT2D eigenvalue weighted by molar-refractivity contribution is 0.271. The molecule has 1 aromatic heterocycles. The van der Waals surface area contributed by atoms with Crippen molar-refractivity contribution < 1.29 is 0 Å². The molecule has 0 atom stereocenters. The summed E-state index contributed by atoms with van der Waals surface area (Å²) in [7, 11) is 0. The second kappa shape index (κ2) is 7.07. The molecule has 2 aromatic rings. The van der Waals surface area contributed by atoms with Crippen molar-refractivity contribution in [2.75, 3.05) is 31.1 Å². The van der Waals surface area contributed by atoms with E-state index in [1.165, 1.54) is 5.56 Å². The lowest BCUT2D eigenvalue weighted by Gasteiger charge is -2.33. The number of aryl methyl sites for hydroxylation is 1. The van der Waals surface area contributed by atoms with Gasteiger partial charge in [0.2, 0.25) is 0 Å². The SMILES string of the molecule is CCc1ccc(/C=N\N2CCN(c3ccccn3)CC2)cc1. The number of rotatable bonds is 4. The molecule has 0 amide bonds. The molecule has 4 nitrogen and oxygen atoms in total. The van der Waals surface area contributed by atoms with Gasteiger partial charge in [0.05, 0.1) is 19.3 Å². The van der Waals surface area contributed by atoms with Crippen LogP contribution in [-0.2, 0) is 6.42 Å². The minimum absolute atomic E-state index is 0.931. The predicted octanol–water partition coefficient (Wildman–Crippen LogP) is 2.80. The molecule has 1 aromatic carbocycles. The van der Waals surface area contributed by atoms with Gasteiger partial charge in [0, 0.05) is 19.3 Å². The zero-order valence-corrected chi connectivity index (χ0v) is 13.0. The van der Waals surface area contributed by atoms with Crippen LogP contribution in [0.25, 0.3) is 0 Å². The van der Waals surface area contributed by atoms with E-state index in [0.29, 0.717) is 0 Å². The molecule has 22 heavy (non-hydrogen) atoms. The summed E-state index contributed by atoms with van der Waals surface area (Å²) in [6, 6.07) is 14.6. The Morgan fingerprint density at radius 3 is 2.45 bits per heavy atom. The Morgan fingerprint density at radius 1 is 1.05 bits per heavy atom. The van der Waals surface area contributed by atoms with Crippen LogP contribution in [0.3, 0.4) is 0 Å². The van der Waals surface area contributed by atoms with E-state index < -0.39 is 0 Å². The van der Waals surface area contributed by atoms with E-state index in [1.54, 1.807) is 0 Å². The summed E-state index contributed by atoms with van der Waals surface area (Å²) in [5.41, 5.74) is 2.52. The van der Waals surface area contributed by atoms with Crippen molar-refractivity contribution in [2.45, 2.75) is 13.3 Å². The molecule has 0 unspecified atom stereocenters. The molecule has 0 radical (unpaired) electrons. The third-order valence-corrected chi connectivity index (χ3v) is 3.99. The number of hydrogen-bond acceptors (Lipinski definition) is 4. The summed E-state index contributed by atoms with van der Waals surface area (Å²) in [5, 5.41) is 6.73. The van der Waals surface area contributed by atoms with E-state index in [4.69, 9.17) is 0 Å². The number of aromatic nitrogens is 1. The Bertz CT molecular complexity index is 599. The first-order valence-electron chi connectivity index (χ1n) is 7.89. The fraction of sp³-hybridized carbons (Fsp3) is 0.333. The molecule has 0 bridgehead atoms. The van der Waals surface area contributed by atoms with Crippen molar-refractivity contribution in [3.05, 3.63) is 59.8 Å². The third kappa shape index (κ3) is 3.64. The van der Waals surface area contributed by atoms with Gasteiger partial charge >= 0.3 is 0 Å². The molecule has 1 fully saturated rings. The number of nitrogens with zero attached hydrogens (tertiary/aromatic N) is 4. The van der Waals surface area contributed by atoms with Gasteiger partial charge in [0.1, 0.15) is 5.82 Å². The second-order valence-electron chi connectivity index (χ2n) is 5.47. The lowest BCUT2D eigenvalue weighted by atomic mass is 10.1. The van der Waals surface area contributed by atoms with E-state index in [9.17, 15) is 0 Å². The highest BCUT2D eigenvalue weighted by Gasteiger charge is 2.15. The van der Waals surface area contributed by atoms with Crippen molar-refractivity contribution in [1.82, 2.24) is 9.99 Å². The van der Waals surface area contributed by atoms with E-state index in [2.05, 4.69) is 57.2 Å². The van der Waals surface area contributed by atoms with E-state index in [-0.39, 0.29) is 0 Å². The maximum absolute atomic E-state index is 4.60. The Morgan fingerprint density at radius 2 is 1.82 bits per heavy atom. The summed E-state index contributed by atoms with van der Waals surface area (Å²) in [6.07, 6.45) is 4.88. The second-order valence-corrected chi connectivity index (χ2v) is 5.47.